The van der Waals surface area contributed by atoms with Gasteiger partial charge in [0.05, 0.1) is 0 Å². The van der Waals surface area contributed by atoms with E-state index >= 15 is 0 Å². The second-order valence-electron chi connectivity index (χ2n) is 5.05. The van der Waals surface area contributed by atoms with E-state index in [1.54, 1.807) is 0 Å². The van der Waals surface area contributed by atoms with Crippen LogP contribution < -0.4 is 5.73 Å². The van der Waals surface area contributed by atoms with E-state index in [0.717, 1.165) is 38.2 Å². The average Bonchev–Trinajstić information content (AvgIpc) is 2.28. The Morgan fingerprint density at radius 1 is 1.24 bits per heavy atom. The zero-order chi connectivity index (χ0) is 12.5. The Morgan fingerprint density at radius 3 is 2.47 bits per heavy atom. The Morgan fingerprint density at radius 2 is 1.88 bits per heavy atom. The molecule has 17 heavy (non-hydrogen) atoms. The molecule has 0 amide bonds. The van der Waals surface area contributed by atoms with Crippen LogP contribution in [0, 0.1) is 17.6 Å². The van der Waals surface area contributed by atoms with E-state index in [1.165, 1.54) is 12.1 Å². The van der Waals surface area contributed by atoms with Crippen LogP contribution in [0.2, 0.25) is 0 Å². The summed E-state index contributed by atoms with van der Waals surface area (Å²) in [5.41, 5.74) is 6.49. The van der Waals surface area contributed by atoms with Gasteiger partial charge in [0.1, 0.15) is 11.6 Å². The van der Waals surface area contributed by atoms with Gasteiger partial charge in [-0.2, -0.15) is 0 Å². The number of hydrogen-bond donors (Lipinski definition) is 1. The Bertz CT molecular complexity index is 385. The van der Waals surface area contributed by atoms with E-state index in [2.05, 4.69) is 6.92 Å². The molecule has 1 aromatic rings. The summed E-state index contributed by atoms with van der Waals surface area (Å²) in [4.78, 5) is 0. The second kappa shape index (κ2) is 4.73. The summed E-state index contributed by atoms with van der Waals surface area (Å²) in [6, 6.07) is 3.67. The van der Waals surface area contributed by atoms with Crippen LogP contribution in [0.1, 0.15) is 44.6 Å². The van der Waals surface area contributed by atoms with Crippen LogP contribution in [0.15, 0.2) is 18.2 Å². The molecule has 0 aliphatic heterocycles. The van der Waals surface area contributed by atoms with Gasteiger partial charge < -0.3 is 5.73 Å². The monoisotopic (exact) mass is 239 g/mol. The van der Waals surface area contributed by atoms with E-state index in [1.807, 2.05) is 0 Å². The Labute approximate surface area is 101 Å². The number of rotatable bonds is 2. The SMILES string of the molecule is CCC1CCCCC1(N)c1cc(F)cc(F)c1. The second-order valence-corrected chi connectivity index (χ2v) is 5.05. The molecule has 1 aliphatic rings. The molecule has 2 atom stereocenters. The summed E-state index contributed by atoms with van der Waals surface area (Å²) < 4.78 is 26.6. The highest BCUT2D eigenvalue weighted by Crippen LogP contribution is 2.41. The normalized spacial score (nSPS) is 29.3. The molecule has 1 aromatic carbocycles. The van der Waals surface area contributed by atoms with E-state index in [4.69, 9.17) is 5.73 Å². The van der Waals surface area contributed by atoms with Gasteiger partial charge in [-0.25, -0.2) is 8.78 Å². The lowest BCUT2D eigenvalue weighted by atomic mass is 9.68. The number of halogens is 2. The lowest BCUT2D eigenvalue weighted by Crippen LogP contribution is -2.46. The van der Waals surface area contributed by atoms with Gasteiger partial charge in [-0.05, 0) is 36.5 Å². The average molecular weight is 239 g/mol. The minimum Gasteiger partial charge on any atom is -0.321 e. The molecule has 0 saturated heterocycles. The highest BCUT2D eigenvalue weighted by Gasteiger charge is 2.38. The van der Waals surface area contributed by atoms with Gasteiger partial charge >= 0.3 is 0 Å². The first-order chi connectivity index (χ1) is 8.06. The smallest absolute Gasteiger partial charge is 0.126 e. The van der Waals surface area contributed by atoms with Crippen molar-refractivity contribution in [2.75, 3.05) is 0 Å². The van der Waals surface area contributed by atoms with Crippen molar-refractivity contribution in [1.82, 2.24) is 0 Å². The largest absolute Gasteiger partial charge is 0.321 e. The molecule has 1 saturated carbocycles. The molecule has 0 bridgehead atoms. The summed E-state index contributed by atoms with van der Waals surface area (Å²) in [7, 11) is 0. The molecule has 0 radical (unpaired) electrons. The molecule has 2 unspecified atom stereocenters. The predicted octanol–water partition coefficient (Wildman–Crippen LogP) is 3.72. The van der Waals surface area contributed by atoms with Gasteiger partial charge in [-0.1, -0.05) is 26.2 Å². The number of hydrogen-bond acceptors (Lipinski definition) is 1. The zero-order valence-corrected chi connectivity index (χ0v) is 10.2. The fraction of sp³-hybridized carbons (Fsp3) is 0.571. The van der Waals surface area contributed by atoms with Crippen LogP contribution in [0.3, 0.4) is 0 Å². The molecule has 1 nitrogen and oxygen atoms in total. The van der Waals surface area contributed by atoms with Gasteiger partial charge in [0.15, 0.2) is 0 Å². The highest BCUT2D eigenvalue weighted by atomic mass is 19.1. The van der Waals surface area contributed by atoms with Crippen LogP contribution in [-0.2, 0) is 5.54 Å². The van der Waals surface area contributed by atoms with Crippen LogP contribution >= 0.6 is 0 Å². The maximum Gasteiger partial charge on any atom is 0.126 e. The standard InChI is InChI=1S/C14H19F2N/c1-2-10-5-3-4-6-14(10,17)11-7-12(15)9-13(16)8-11/h7-10H,2-6,17H2,1H3. The van der Waals surface area contributed by atoms with Crippen molar-refractivity contribution in [2.24, 2.45) is 11.7 Å². The molecule has 0 spiro atoms. The van der Waals surface area contributed by atoms with E-state index < -0.39 is 17.2 Å². The number of nitrogens with two attached hydrogens (primary N) is 1. The van der Waals surface area contributed by atoms with Crippen molar-refractivity contribution in [1.29, 1.82) is 0 Å². The molecule has 1 fully saturated rings. The third-order valence-corrected chi connectivity index (χ3v) is 4.01. The first-order valence-corrected chi connectivity index (χ1v) is 6.31. The van der Waals surface area contributed by atoms with Crippen molar-refractivity contribution in [2.45, 2.75) is 44.6 Å². The summed E-state index contributed by atoms with van der Waals surface area (Å²) >= 11 is 0. The molecule has 0 heterocycles. The Kier molecular flexibility index (Phi) is 3.48. The van der Waals surface area contributed by atoms with E-state index in [0.29, 0.717) is 11.5 Å². The number of benzene rings is 1. The maximum atomic E-state index is 13.3. The molecule has 3 heteroatoms. The van der Waals surface area contributed by atoms with Crippen molar-refractivity contribution in [3.05, 3.63) is 35.4 Å². The fourth-order valence-electron chi connectivity index (χ4n) is 3.04. The molecule has 94 valence electrons. The highest BCUT2D eigenvalue weighted by molar-refractivity contribution is 5.27. The first-order valence-electron chi connectivity index (χ1n) is 6.31. The van der Waals surface area contributed by atoms with E-state index in [-0.39, 0.29) is 0 Å². The molecular weight excluding hydrogens is 220 g/mol. The van der Waals surface area contributed by atoms with Gasteiger partial charge in [0, 0.05) is 11.6 Å². The van der Waals surface area contributed by atoms with E-state index in [9.17, 15) is 8.78 Å². The molecular formula is C14H19F2N. The topological polar surface area (TPSA) is 26.0 Å². The summed E-state index contributed by atoms with van der Waals surface area (Å²) in [6.45, 7) is 2.09. The first kappa shape index (κ1) is 12.5. The van der Waals surface area contributed by atoms with Gasteiger partial charge in [0.25, 0.3) is 0 Å². The third-order valence-electron chi connectivity index (χ3n) is 4.01. The Hall–Kier alpha value is -0.960. The van der Waals surface area contributed by atoms with Gasteiger partial charge in [-0.3, -0.25) is 0 Å². The van der Waals surface area contributed by atoms with Crippen LogP contribution in [-0.4, -0.2) is 0 Å². The van der Waals surface area contributed by atoms with Crippen LogP contribution in [0.25, 0.3) is 0 Å². The molecule has 2 rings (SSSR count). The lowest BCUT2D eigenvalue weighted by Gasteiger charge is -2.41. The minimum atomic E-state index is -0.560. The van der Waals surface area contributed by atoms with Crippen molar-refractivity contribution in [3.8, 4) is 0 Å². The third kappa shape index (κ3) is 2.34. The quantitative estimate of drug-likeness (QED) is 0.836. The zero-order valence-electron chi connectivity index (χ0n) is 10.2. The summed E-state index contributed by atoms with van der Waals surface area (Å²) in [5, 5.41) is 0. The minimum absolute atomic E-state index is 0.317. The van der Waals surface area contributed by atoms with Crippen molar-refractivity contribution < 1.29 is 8.78 Å². The molecule has 1 aliphatic carbocycles. The van der Waals surface area contributed by atoms with Crippen molar-refractivity contribution >= 4 is 0 Å². The fourth-order valence-corrected chi connectivity index (χ4v) is 3.04. The summed E-state index contributed by atoms with van der Waals surface area (Å²) in [6.07, 6.45) is 5.01. The van der Waals surface area contributed by atoms with Gasteiger partial charge in [0.2, 0.25) is 0 Å². The van der Waals surface area contributed by atoms with Crippen molar-refractivity contribution in [3.63, 3.8) is 0 Å². The van der Waals surface area contributed by atoms with Gasteiger partial charge in [-0.15, -0.1) is 0 Å². The summed E-state index contributed by atoms with van der Waals surface area (Å²) in [5.74, 6) is -0.757. The lowest BCUT2D eigenvalue weighted by molar-refractivity contribution is 0.183. The Balaban J connectivity index is 2.40. The van der Waals surface area contributed by atoms with Crippen LogP contribution in [0.4, 0.5) is 8.78 Å². The predicted molar refractivity (Wildman–Crippen MR) is 64.5 cm³/mol. The maximum absolute atomic E-state index is 13.3. The molecule has 2 N–H and O–H groups in total. The van der Waals surface area contributed by atoms with Crippen LogP contribution in [0.5, 0.6) is 0 Å². The molecule has 0 aromatic heterocycles.